The largest absolute Gasteiger partial charge is 0.870 e. The van der Waals surface area contributed by atoms with Crippen LogP contribution in [0.2, 0.25) is 0 Å². The number of phosphoric acid groups is 5. The maximum Gasteiger partial charge on any atom is 0.470 e. The molecule has 1 unspecified atom stereocenters. The van der Waals surface area contributed by atoms with E-state index in [1.807, 2.05) is 6.92 Å². The van der Waals surface area contributed by atoms with Crippen LogP contribution >= 0.6 is 39.1 Å². The number of phosphoric ester groups is 5. The van der Waals surface area contributed by atoms with Crippen molar-refractivity contribution in [3.63, 3.8) is 0 Å². The van der Waals surface area contributed by atoms with Crippen molar-refractivity contribution in [3.05, 3.63) is 86.1 Å². The number of nitrogens with zero attached hydrogens (tertiary/aromatic N) is 19. The van der Waals surface area contributed by atoms with Gasteiger partial charge in [0.25, 0.3) is 0 Å². The number of hydrogen-bond acceptors (Lipinski definition) is 40. The highest BCUT2D eigenvalue weighted by molar-refractivity contribution is 7.59. The summed E-state index contributed by atoms with van der Waals surface area (Å²) in [5.41, 5.74) is 9.62. The van der Waals surface area contributed by atoms with Gasteiger partial charge in [-0.1, -0.05) is 5.75 Å². The van der Waals surface area contributed by atoms with Crippen LogP contribution in [0, 0.1) is 5.41 Å². The highest BCUT2D eigenvalue weighted by Crippen LogP contribution is 2.52. The maximum atomic E-state index is 11.9. The first-order chi connectivity index (χ1) is 57.0. The van der Waals surface area contributed by atoms with Crippen molar-refractivity contribution in [2.24, 2.45) is 19.2 Å². The number of anilines is 2. The Morgan fingerprint density at radius 1 is 0.525 bits per heavy atom. The van der Waals surface area contributed by atoms with Gasteiger partial charge < -0.3 is 152 Å². The van der Waals surface area contributed by atoms with Crippen LogP contribution in [0.5, 0.6) is 5.75 Å². The number of nitrogens with two attached hydrogens (primary N) is 1. The quantitative estimate of drug-likeness (QED) is 0.0164. The second kappa shape index (κ2) is 35.0. The topological polar surface area (TPSA) is 835 Å². The lowest BCUT2D eigenvalue weighted by atomic mass is 10.1. The molecular formula is C58H77N21O37P5S+. The zero-order valence-corrected chi connectivity index (χ0v) is 67.8. The second-order valence-electron chi connectivity index (χ2n) is 27.6. The van der Waals surface area contributed by atoms with Crippen molar-refractivity contribution in [3.8, 4) is 5.75 Å². The van der Waals surface area contributed by atoms with Crippen LogP contribution in [0.3, 0.4) is 0 Å². The molecule has 122 heavy (non-hydrogen) atoms. The molecule has 24 N–H and O–H groups in total. The third-order valence-corrected chi connectivity index (χ3v) is 22.3. The molecule has 21 atom stereocenters. The monoisotopic (exact) mass is 1850 g/mol. The number of hydrazone groups is 1. The number of hydrogen-bond donors (Lipinski definition) is 23. The first kappa shape index (κ1) is 91.5. The van der Waals surface area contributed by atoms with Crippen LogP contribution in [-0.2, 0) is 95.9 Å². The number of nitrogens with one attached hydrogen (secondary N) is 1. The number of aliphatic hydroxyl groups excluding tert-OH is 10. The number of aromatic nitrogens is 17. The molecule has 0 aliphatic carbocycles. The van der Waals surface area contributed by atoms with Crippen LogP contribution in [-0.4, -0.2) is 304 Å². The molecule has 666 valence electrons. The SMILES string of the molecule is CC1=NN(C)c2ccnc3c2n1c[n+]3[C@@H]1O[C@H](COP(=O)(O)O)[C@@H](O)[C@H]1O.Cn1c[n+]([C@@H]2O[C@H](COP(=O)(O)O)[C@@H](O)[C@H]2O)c2nccc([O-])c21.Cn1c[n+]([C@@H]2O[C@H](COP(=O)(O)O)[C@@H](O)[C@H]2O)c2nccc([S-])c21.N=c1c2ncn([C@@H]3O[C@H](COP(=O)(O)O)[C@@H](O)[C@H]3O)c2ncn1O.Nc1ncnc2c1nc1n2[C@@H]2O[C@H](C1OP(=O)(O)O)[C@@H](O)[C@H]2O. The summed E-state index contributed by atoms with van der Waals surface area (Å²) in [6.45, 7) is -0.568. The first-order valence-corrected chi connectivity index (χ1v) is 43.1. The van der Waals surface area contributed by atoms with Crippen LogP contribution in [0.15, 0.2) is 84.8 Å². The van der Waals surface area contributed by atoms with E-state index >= 15 is 0 Å². The average Bonchev–Trinajstić information content (AvgIpc) is 1.56. The molecule has 0 saturated carbocycles. The van der Waals surface area contributed by atoms with Gasteiger partial charge in [0.1, 0.15) is 134 Å². The number of nitrogen functional groups attached to an aromatic ring is 1. The Labute approximate surface area is 684 Å². The Balaban J connectivity index is 0.000000132. The minimum atomic E-state index is -4.92. The fraction of sp³-hybridized carbons (Fsp3) is 0.500. The van der Waals surface area contributed by atoms with Crippen molar-refractivity contribution < 1.29 is 193 Å². The van der Waals surface area contributed by atoms with Gasteiger partial charge in [-0.05, 0) is 12.1 Å². The Hall–Kier alpha value is -8.20. The Morgan fingerprint density at radius 3 is 1.50 bits per heavy atom. The van der Waals surface area contributed by atoms with Crippen LogP contribution in [0.4, 0.5) is 11.5 Å². The van der Waals surface area contributed by atoms with E-state index in [9.17, 15) is 84.2 Å². The summed E-state index contributed by atoms with van der Waals surface area (Å²) in [4.78, 5) is 121. The van der Waals surface area contributed by atoms with E-state index in [0.717, 1.165) is 17.5 Å². The minimum absolute atomic E-state index is 0.0280. The van der Waals surface area contributed by atoms with Gasteiger partial charge in [-0.25, -0.2) is 66.0 Å². The van der Waals surface area contributed by atoms with E-state index in [4.69, 9.17) is 101 Å². The number of imidazole rings is 5. The highest BCUT2D eigenvalue weighted by Gasteiger charge is 2.57. The number of aliphatic hydroxyl groups is 10. The first-order valence-electron chi connectivity index (χ1n) is 35.0. The molecule has 0 spiro atoms. The summed E-state index contributed by atoms with van der Waals surface area (Å²) in [6, 6.07) is 4.76. The van der Waals surface area contributed by atoms with E-state index in [1.54, 1.807) is 70.8 Å². The van der Waals surface area contributed by atoms with Crippen LogP contribution < -0.4 is 35.0 Å². The fourth-order valence-electron chi connectivity index (χ4n) is 14.1. The van der Waals surface area contributed by atoms with Crippen molar-refractivity contribution in [1.82, 2.24) is 67.4 Å². The Morgan fingerprint density at radius 2 is 0.984 bits per heavy atom. The lowest BCUT2D eigenvalue weighted by Gasteiger charge is -2.30. The molecule has 0 radical (unpaired) electrons. The molecule has 2 bridgehead atoms. The fourth-order valence-corrected chi connectivity index (χ4v) is 16.3. The van der Waals surface area contributed by atoms with Gasteiger partial charge in [0.2, 0.25) is 24.2 Å². The lowest BCUT2D eigenvalue weighted by Crippen LogP contribution is -2.46. The molecule has 64 heteroatoms. The van der Waals surface area contributed by atoms with Gasteiger partial charge >= 0.3 is 56.1 Å². The van der Waals surface area contributed by atoms with Gasteiger partial charge in [-0.3, -0.25) is 51.3 Å². The molecule has 5 fully saturated rings. The molecular weight excluding hydrogens is 1770 g/mol. The summed E-state index contributed by atoms with van der Waals surface area (Å²) < 4.78 is 116. The van der Waals surface area contributed by atoms with Crippen molar-refractivity contribution in [2.75, 3.05) is 44.2 Å². The number of fused-ring (bicyclic) bond motifs is 9. The number of ether oxygens (including phenoxy) is 5. The number of pyridine rings is 3. The van der Waals surface area contributed by atoms with E-state index in [2.05, 4.69) is 63.1 Å². The molecule has 17 heterocycles. The normalized spacial score (nSPS) is 28.9. The maximum absolute atomic E-state index is 11.9. The molecule has 0 aromatic carbocycles. The van der Waals surface area contributed by atoms with Crippen molar-refractivity contribution >= 4 is 125 Å². The van der Waals surface area contributed by atoms with Gasteiger partial charge in [0.05, 0.1) is 46.9 Å². The minimum Gasteiger partial charge on any atom is -0.870 e. The predicted octanol–water partition coefficient (Wildman–Crippen LogP) is -9.29. The molecule has 7 aliphatic heterocycles. The summed E-state index contributed by atoms with van der Waals surface area (Å²) in [6.07, 6.45) is -14.0. The number of rotatable bonds is 18. The van der Waals surface area contributed by atoms with Gasteiger partial charge in [0.15, 0.2) is 88.0 Å². The molecule has 5 saturated heterocycles. The van der Waals surface area contributed by atoms with Crippen molar-refractivity contribution in [1.29, 1.82) is 5.41 Å². The van der Waals surface area contributed by atoms with Gasteiger partial charge in [-0.15, -0.1) is 24.9 Å². The molecule has 10 aromatic rings. The highest BCUT2D eigenvalue weighted by atomic mass is 32.1. The standard InChI is InChI=1S/C14H18N5O7P.C12H16N3O8P.C12H16N3O7PS.C10H14N5O8P.C10H12N5O7P/c1-7-16-17(2)8-3-4-15-13-10(8)18(7)6-19(13)14-12(21)11(20)9(26-14)5-25-27(22,23)24;1-14-5-15(11-8(14)6(16)2-3-13-11)12-10(18)9(17)7(23-12)4-22-24(19,20)21;1-14-5-15(11-8(14)7(24)2-3-13-11)12-10(17)9(16)6(22-12)4-21-23(18,19)20;11-8-5-9(13-3-15(8)18)14(2-12-5)10-7(17)6(16)4(23-10)1-22-24(19,20)21;11-7-2-8(13-1-12-7)15-9(14-2)6(22-23(18,19)20)5-3(16)4(17)10(15)21-5/h3-4,6,9,11-12,14,20-21H,5H2,1-2H3,(H-,22,23,24);2-3,5,7,9-10,12,17-18H,4H2,1H3,(H2-,13,16,19,20,21);2-3,5-6,9-10,12,16-17H,4H2,1H3,(H2-,13,18,19,20,24);2-4,6-7,10-11,16-18H,1H2,(H2,19,20,21);1,3-6,10,16-17H,(H2,11,12,13)(H2,18,19,20)/p+1/t9-,11-,12-,14-;7-,9-,10-,12-;6-,9-,10-,12-;4-,6-,7-,10-;3-,4+,5-,6?,10+/m11110/s1. The smallest absolute Gasteiger partial charge is 0.470 e. The zero-order chi connectivity index (χ0) is 89.0. The molecule has 58 nitrogen and oxygen atoms in total. The van der Waals surface area contributed by atoms with E-state index in [1.165, 1.54) is 60.3 Å². The average molecular weight is 1850 g/mol. The summed E-state index contributed by atoms with van der Waals surface area (Å²) in [5, 5.41) is 136. The predicted molar refractivity (Wildman–Crippen MR) is 389 cm³/mol. The van der Waals surface area contributed by atoms with Crippen LogP contribution in [0.1, 0.15) is 50.0 Å². The molecule has 7 aliphatic rings. The lowest BCUT2D eigenvalue weighted by molar-refractivity contribution is -0.746. The molecule has 10 aromatic heterocycles. The van der Waals surface area contributed by atoms with Gasteiger partial charge in [0, 0.05) is 20.0 Å². The van der Waals surface area contributed by atoms with E-state index in [0.29, 0.717) is 32.3 Å². The summed E-state index contributed by atoms with van der Waals surface area (Å²) in [7, 11) is -18.7. The molecule has 0 amide bonds. The van der Waals surface area contributed by atoms with Crippen LogP contribution in [0.25, 0.3) is 55.8 Å². The van der Waals surface area contributed by atoms with Crippen molar-refractivity contribution in [2.45, 2.75) is 141 Å². The van der Waals surface area contributed by atoms with E-state index < -0.39 is 194 Å². The number of aryl methyl sites for hydroxylation is 2. The third-order valence-electron chi connectivity index (χ3n) is 19.6. The third kappa shape index (κ3) is 18.7. The zero-order valence-electron chi connectivity index (χ0n) is 62.5. The Kier molecular flexibility index (Phi) is 26.2. The Bertz CT molecular complexity index is 5790. The summed E-state index contributed by atoms with van der Waals surface area (Å²) >= 11 is 5.25. The van der Waals surface area contributed by atoms with E-state index in [-0.39, 0.29) is 56.4 Å². The van der Waals surface area contributed by atoms with Gasteiger partial charge in [-0.2, -0.15) is 4.73 Å². The molecule has 17 rings (SSSR count). The summed E-state index contributed by atoms with van der Waals surface area (Å²) in [5.74, 6) is 0.497. The second-order valence-corrected chi connectivity index (χ2v) is 34.2.